The molecule has 0 aromatic carbocycles. The number of hydrogen-bond donors (Lipinski definition) is 1. The molecule has 0 aliphatic heterocycles. The molecule has 56 valence electrons. The minimum absolute atomic E-state index is 0.672. The van der Waals surface area contributed by atoms with Gasteiger partial charge < -0.3 is 5.73 Å². The first-order valence-corrected chi connectivity index (χ1v) is 3.88. The Morgan fingerprint density at radius 3 is 3.00 bits per heavy atom. The standard InChI is InChI=1S/C9H15N/c1-8-3-2-4-9(7-8)5-6-10/h5-6,9H,1-4,7,10H2/b6-5+. The third kappa shape index (κ3) is 1.90. The number of hydrogen-bond acceptors (Lipinski definition) is 1. The van der Waals surface area contributed by atoms with Crippen molar-refractivity contribution in [1.82, 2.24) is 0 Å². The lowest BCUT2D eigenvalue weighted by molar-refractivity contribution is 0.496. The van der Waals surface area contributed by atoms with E-state index in [2.05, 4.69) is 12.7 Å². The van der Waals surface area contributed by atoms with Gasteiger partial charge in [-0.1, -0.05) is 18.2 Å². The SMILES string of the molecule is C=C1CCCC(/C=C/N)C1. The summed E-state index contributed by atoms with van der Waals surface area (Å²) in [5, 5.41) is 0. The molecule has 0 bridgehead atoms. The lowest BCUT2D eigenvalue weighted by Crippen LogP contribution is -2.05. The van der Waals surface area contributed by atoms with Crippen molar-refractivity contribution in [3.63, 3.8) is 0 Å². The quantitative estimate of drug-likeness (QED) is 0.551. The first-order chi connectivity index (χ1) is 4.83. The van der Waals surface area contributed by atoms with Crippen molar-refractivity contribution < 1.29 is 0 Å². The summed E-state index contributed by atoms with van der Waals surface area (Å²) < 4.78 is 0. The van der Waals surface area contributed by atoms with Crippen molar-refractivity contribution in [2.75, 3.05) is 0 Å². The fourth-order valence-corrected chi connectivity index (χ4v) is 1.51. The van der Waals surface area contributed by atoms with E-state index in [-0.39, 0.29) is 0 Å². The first-order valence-electron chi connectivity index (χ1n) is 3.88. The third-order valence-electron chi connectivity index (χ3n) is 2.04. The predicted octanol–water partition coefficient (Wildman–Crippen LogP) is 2.21. The van der Waals surface area contributed by atoms with Gasteiger partial charge in [-0.3, -0.25) is 0 Å². The zero-order valence-electron chi connectivity index (χ0n) is 6.34. The van der Waals surface area contributed by atoms with Crippen LogP contribution in [0.5, 0.6) is 0 Å². The molecule has 1 aliphatic carbocycles. The van der Waals surface area contributed by atoms with Crippen molar-refractivity contribution in [2.24, 2.45) is 11.7 Å². The second-order valence-corrected chi connectivity index (χ2v) is 2.99. The fourth-order valence-electron chi connectivity index (χ4n) is 1.51. The smallest absolute Gasteiger partial charge is 0.0100 e. The molecule has 1 rings (SSSR count). The van der Waals surface area contributed by atoms with Crippen LogP contribution in [0.1, 0.15) is 25.7 Å². The molecular formula is C9H15N. The summed E-state index contributed by atoms with van der Waals surface area (Å²) in [4.78, 5) is 0. The zero-order chi connectivity index (χ0) is 7.40. The number of nitrogens with two attached hydrogens (primary N) is 1. The number of rotatable bonds is 1. The molecule has 0 aromatic heterocycles. The van der Waals surface area contributed by atoms with Gasteiger partial charge in [-0.2, -0.15) is 0 Å². The molecule has 1 saturated carbocycles. The van der Waals surface area contributed by atoms with Gasteiger partial charge in [0.1, 0.15) is 0 Å². The Kier molecular flexibility index (Phi) is 2.55. The summed E-state index contributed by atoms with van der Waals surface area (Å²) in [6, 6.07) is 0. The highest BCUT2D eigenvalue weighted by atomic mass is 14.5. The van der Waals surface area contributed by atoms with Crippen LogP contribution in [0.25, 0.3) is 0 Å². The van der Waals surface area contributed by atoms with Gasteiger partial charge in [0.15, 0.2) is 0 Å². The van der Waals surface area contributed by atoms with Crippen LogP contribution in [0.4, 0.5) is 0 Å². The van der Waals surface area contributed by atoms with Crippen LogP contribution in [0.15, 0.2) is 24.4 Å². The van der Waals surface area contributed by atoms with Gasteiger partial charge >= 0.3 is 0 Å². The van der Waals surface area contributed by atoms with Gasteiger partial charge in [-0.25, -0.2) is 0 Å². The largest absolute Gasteiger partial charge is 0.405 e. The minimum Gasteiger partial charge on any atom is -0.405 e. The van der Waals surface area contributed by atoms with Crippen molar-refractivity contribution in [1.29, 1.82) is 0 Å². The normalized spacial score (nSPS) is 27.6. The second-order valence-electron chi connectivity index (χ2n) is 2.99. The molecule has 0 aromatic rings. The maximum atomic E-state index is 5.29. The molecule has 10 heavy (non-hydrogen) atoms. The highest BCUT2D eigenvalue weighted by Crippen LogP contribution is 2.27. The monoisotopic (exact) mass is 137 g/mol. The summed E-state index contributed by atoms with van der Waals surface area (Å²) >= 11 is 0. The second kappa shape index (κ2) is 3.45. The molecule has 1 heteroatoms. The molecule has 2 N–H and O–H groups in total. The van der Waals surface area contributed by atoms with E-state index in [1.807, 2.05) is 0 Å². The maximum absolute atomic E-state index is 5.29. The van der Waals surface area contributed by atoms with Crippen molar-refractivity contribution in [3.8, 4) is 0 Å². The van der Waals surface area contributed by atoms with Gasteiger partial charge in [0, 0.05) is 0 Å². The van der Waals surface area contributed by atoms with Crippen molar-refractivity contribution in [2.45, 2.75) is 25.7 Å². The molecular weight excluding hydrogens is 122 g/mol. The Morgan fingerprint density at radius 2 is 2.40 bits per heavy atom. The summed E-state index contributed by atoms with van der Waals surface area (Å²) in [5.74, 6) is 0.672. The first kappa shape index (κ1) is 7.39. The van der Waals surface area contributed by atoms with Gasteiger partial charge in [-0.15, -0.1) is 0 Å². The van der Waals surface area contributed by atoms with Crippen LogP contribution in [0, 0.1) is 5.92 Å². The Hall–Kier alpha value is -0.720. The molecule has 0 amide bonds. The van der Waals surface area contributed by atoms with Crippen LogP contribution in [-0.2, 0) is 0 Å². The van der Waals surface area contributed by atoms with Crippen LogP contribution in [-0.4, -0.2) is 0 Å². The van der Waals surface area contributed by atoms with E-state index in [4.69, 9.17) is 5.73 Å². The molecule has 0 spiro atoms. The van der Waals surface area contributed by atoms with E-state index in [1.54, 1.807) is 6.20 Å². The summed E-state index contributed by atoms with van der Waals surface area (Å²) in [6.07, 6.45) is 8.68. The number of allylic oxidation sites excluding steroid dienone is 2. The van der Waals surface area contributed by atoms with Crippen LogP contribution in [0.3, 0.4) is 0 Å². The molecule has 0 saturated heterocycles. The molecule has 1 fully saturated rings. The minimum atomic E-state index is 0.672. The van der Waals surface area contributed by atoms with E-state index in [9.17, 15) is 0 Å². The van der Waals surface area contributed by atoms with E-state index in [0.717, 1.165) is 6.42 Å². The third-order valence-corrected chi connectivity index (χ3v) is 2.04. The van der Waals surface area contributed by atoms with Crippen LogP contribution < -0.4 is 5.73 Å². The highest BCUT2D eigenvalue weighted by Gasteiger charge is 2.11. The summed E-state index contributed by atoms with van der Waals surface area (Å²) in [6.45, 7) is 3.97. The zero-order valence-corrected chi connectivity index (χ0v) is 6.34. The lowest BCUT2D eigenvalue weighted by Gasteiger charge is -2.19. The van der Waals surface area contributed by atoms with Crippen LogP contribution >= 0.6 is 0 Å². The van der Waals surface area contributed by atoms with E-state index in [1.165, 1.54) is 24.8 Å². The summed E-state index contributed by atoms with van der Waals surface area (Å²) in [5.41, 5.74) is 6.68. The topological polar surface area (TPSA) is 26.0 Å². The summed E-state index contributed by atoms with van der Waals surface area (Å²) in [7, 11) is 0. The fraction of sp³-hybridized carbons (Fsp3) is 0.556. The van der Waals surface area contributed by atoms with E-state index >= 15 is 0 Å². The Morgan fingerprint density at radius 1 is 1.60 bits per heavy atom. The molecule has 0 radical (unpaired) electrons. The Balaban J connectivity index is 2.39. The van der Waals surface area contributed by atoms with Gasteiger partial charge in [0.2, 0.25) is 0 Å². The lowest BCUT2D eigenvalue weighted by atomic mass is 9.86. The van der Waals surface area contributed by atoms with Crippen LogP contribution in [0.2, 0.25) is 0 Å². The highest BCUT2D eigenvalue weighted by molar-refractivity contribution is 5.03. The molecule has 1 unspecified atom stereocenters. The molecule has 1 aliphatic rings. The average molecular weight is 137 g/mol. The molecule has 1 atom stereocenters. The predicted molar refractivity (Wildman–Crippen MR) is 44.4 cm³/mol. The maximum Gasteiger partial charge on any atom is -0.0100 e. The van der Waals surface area contributed by atoms with E-state index in [0.29, 0.717) is 5.92 Å². The average Bonchev–Trinajstić information content (AvgIpc) is 1.88. The Bertz CT molecular complexity index is 147. The Labute approximate surface area is 62.6 Å². The van der Waals surface area contributed by atoms with E-state index < -0.39 is 0 Å². The molecule has 1 nitrogen and oxygen atoms in total. The van der Waals surface area contributed by atoms with Gasteiger partial charge in [0.25, 0.3) is 0 Å². The van der Waals surface area contributed by atoms with Gasteiger partial charge in [0.05, 0.1) is 0 Å². The van der Waals surface area contributed by atoms with Gasteiger partial charge in [-0.05, 0) is 37.8 Å². The van der Waals surface area contributed by atoms with Crippen molar-refractivity contribution in [3.05, 3.63) is 24.4 Å². The molecule has 0 heterocycles. The van der Waals surface area contributed by atoms with Crippen molar-refractivity contribution >= 4 is 0 Å².